The normalized spacial score (nSPS) is 9.50. The van der Waals surface area contributed by atoms with E-state index < -0.39 is 17.3 Å². The molecule has 0 amide bonds. The molecule has 1 aromatic rings. The fourth-order valence-corrected chi connectivity index (χ4v) is 1.04. The first-order valence-corrected chi connectivity index (χ1v) is 4.38. The van der Waals surface area contributed by atoms with Crippen LogP contribution in [0.3, 0.4) is 0 Å². The number of ketones is 2. The Balaban J connectivity index is 2.87. The highest BCUT2D eigenvalue weighted by Gasteiger charge is 2.17. The summed E-state index contributed by atoms with van der Waals surface area (Å²) in [5.74, 6) is -0.920. The van der Waals surface area contributed by atoms with Crippen LogP contribution >= 0.6 is 0 Å². The van der Waals surface area contributed by atoms with E-state index in [9.17, 15) is 9.59 Å². The van der Waals surface area contributed by atoms with Gasteiger partial charge in [-0.2, -0.15) is 0 Å². The molecule has 0 saturated carbocycles. The first-order chi connectivity index (χ1) is 6.66. The standard InChI is InChI=1S/C11H11NO2/c1-2-9(13)10(12)11(14)8-6-4-3-5-7-8/h3-7,12H,2H2,1H3. The van der Waals surface area contributed by atoms with E-state index in [0.29, 0.717) is 5.56 Å². The minimum Gasteiger partial charge on any atom is -0.294 e. The van der Waals surface area contributed by atoms with Crippen LogP contribution in [0.25, 0.3) is 0 Å². The molecular formula is C11H11NO2. The van der Waals surface area contributed by atoms with Crippen molar-refractivity contribution in [3.63, 3.8) is 0 Å². The highest BCUT2D eigenvalue weighted by molar-refractivity contribution is 6.68. The van der Waals surface area contributed by atoms with Gasteiger partial charge in [-0.05, 0) is 0 Å². The van der Waals surface area contributed by atoms with Crippen molar-refractivity contribution in [1.29, 1.82) is 5.41 Å². The van der Waals surface area contributed by atoms with Gasteiger partial charge in [-0.1, -0.05) is 37.3 Å². The molecule has 1 aromatic carbocycles. The lowest BCUT2D eigenvalue weighted by Gasteiger charge is -1.99. The van der Waals surface area contributed by atoms with Crippen LogP contribution in [0.4, 0.5) is 0 Å². The fraction of sp³-hybridized carbons (Fsp3) is 0.182. The molecule has 0 heterocycles. The van der Waals surface area contributed by atoms with E-state index in [4.69, 9.17) is 5.41 Å². The van der Waals surface area contributed by atoms with Crippen molar-refractivity contribution in [1.82, 2.24) is 0 Å². The summed E-state index contributed by atoms with van der Waals surface area (Å²) in [4.78, 5) is 22.6. The second kappa shape index (κ2) is 4.46. The van der Waals surface area contributed by atoms with Crippen molar-refractivity contribution in [3.8, 4) is 0 Å². The van der Waals surface area contributed by atoms with Gasteiger partial charge in [-0.3, -0.25) is 15.0 Å². The Kier molecular flexibility index (Phi) is 3.29. The van der Waals surface area contributed by atoms with Crippen LogP contribution in [-0.4, -0.2) is 17.3 Å². The summed E-state index contributed by atoms with van der Waals surface area (Å²) in [6.45, 7) is 1.63. The van der Waals surface area contributed by atoms with Gasteiger partial charge in [-0.25, -0.2) is 0 Å². The van der Waals surface area contributed by atoms with E-state index in [1.54, 1.807) is 37.3 Å². The maximum Gasteiger partial charge on any atom is 0.214 e. The topological polar surface area (TPSA) is 58.0 Å². The molecule has 0 unspecified atom stereocenters. The van der Waals surface area contributed by atoms with Crippen molar-refractivity contribution in [2.45, 2.75) is 13.3 Å². The van der Waals surface area contributed by atoms with Crippen molar-refractivity contribution in [2.75, 3.05) is 0 Å². The van der Waals surface area contributed by atoms with Gasteiger partial charge in [-0.15, -0.1) is 0 Å². The zero-order chi connectivity index (χ0) is 10.6. The predicted octanol–water partition coefficient (Wildman–Crippen LogP) is 1.87. The zero-order valence-electron chi connectivity index (χ0n) is 7.91. The number of hydrogen-bond donors (Lipinski definition) is 1. The predicted molar refractivity (Wildman–Crippen MR) is 53.8 cm³/mol. The van der Waals surface area contributed by atoms with E-state index in [2.05, 4.69) is 0 Å². The second-order valence-corrected chi connectivity index (χ2v) is 2.85. The summed E-state index contributed by atoms with van der Waals surface area (Å²) in [6, 6.07) is 8.38. The molecule has 14 heavy (non-hydrogen) atoms. The van der Waals surface area contributed by atoms with Crippen molar-refractivity contribution >= 4 is 17.3 Å². The molecule has 0 spiro atoms. The minimum absolute atomic E-state index is 0.192. The number of benzene rings is 1. The Morgan fingerprint density at radius 2 is 1.79 bits per heavy atom. The Bertz CT molecular complexity index is 368. The molecule has 0 aliphatic heterocycles. The summed E-state index contributed by atoms with van der Waals surface area (Å²) in [5.41, 5.74) is -0.0435. The van der Waals surface area contributed by atoms with Crippen molar-refractivity contribution in [3.05, 3.63) is 35.9 Å². The number of nitrogens with one attached hydrogen (secondary N) is 1. The van der Waals surface area contributed by atoms with Crippen LogP contribution in [0, 0.1) is 5.41 Å². The summed E-state index contributed by atoms with van der Waals surface area (Å²) in [7, 11) is 0. The zero-order valence-corrected chi connectivity index (χ0v) is 7.91. The third-order valence-corrected chi connectivity index (χ3v) is 1.86. The maximum absolute atomic E-state index is 11.5. The molecule has 1 N–H and O–H groups in total. The molecule has 1 rings (SSSR count). The van der Waals surface area contributed by atoms with Gasteiger partial charge in [0, 0.05) is 12.0 Å². The van der Waals surface area contributed by atoms with Crippen LogP contribution in [0.15, 0.2) is 30.3 Å². The maximum atomic E-state index is 11.5. The SMILES string of the molecule is CCC(=O)C(=N)C(=O)c1ccccc1. The molecule has 0 aliphatic rings. The molecule has 3 heteroatoms. The first-order valence-electron chi connectivity index (χ1n) is 4.38. The highest BCUT2D eigenvalue weighted by Crippen LogP contribution is 2.02. The van der Waals surface area contributed by atoms with Crippen LogP contribution < -0.4 is 0 Å². The first kappa shape index (κ1) is 10.3. The summed E-state index contributed by atoms with van der Waals surface area (Å²) in [6.07, 6.45) is 0.192. The summed E-state index contributed by atoms with van der Waals surface area (Å²) < 4.78 is 0. The summed E-state index contributed by atoms with van der Waals surface area (Å²) >= 11 is 0. The monoisotopic (exact) mass is 189 g/mol. The smallest absolute Gasteiger partial charge is 0.214 e. The van der Waals surface area contributed by atoms with Gasteiger partial charge >= 0.3 is 0 Å². The van der Waals surface area contributed by atoms with Crippen molar-refractivity contribution < 1.29 is 9.59 Å². The van der Waals surface area contributed by atoms with Gasteiger partial charge in [0.15, 0.2) is 5.78 Å². The van der Waals surface area contributed by atoms with Crippen LogP contribution in [-0.2, 0) is 4.79 Å². The van der Waals surface area contributed by atoms with E-state index in [-0.39, 0.29) is 6.42 Å². The third-order valence-electron chi connectivity index (χ3n) is 1.86. The molecular weight excluding hydrogens is 178 g/mol. The van der Waals surface area contributed by atoms with Gasteiger partial charge in [0.2, 0.25) is 5.78 Å². The van der Waals surface area contributed by atoms with Crippen molar-refractivity contribution in [2.24, 2.45) is 0 Å². The Morgan fingerprint density at radius 1 is 1.21 bits per heavy atom. The molecule has 0 atom stereocenters. The second-order valence-electron chi connectivity index (χ2n) is 2.85. The van der Waals surface area contributed by atoms with Crippen LogP contribution in [0.2, 0.25) is 0 Å². The minimum atomic E-state index is -0.502. The van der Waals surface area contributed by atoms with Crippen LogP contribution in [0.1, 0.15) is 23.7 Å². The van der Waals surface area contributed by atoms with Gasteiger partial charge in [0.25, 0.3) is 0 Å². The molecule has 0 aliphatic carbocycles. The molecule has 0 bridgehead atoms. The number of carbonyl (C=O) groups excluding carboxylic acids is 2. The average Bonchev–Trinajstić information content (AvgIpc) is 2.27. The summed E-state index contributed by atoms with van der Waals surface area (Å²) in [5, 5.41) is 7.34. The molecule has 0 saturated heterocycles. The van der Waals surface area contributed by atoms with Gasteiger partial charge < -0.3 is 0 Å². The largest absolute Gasteiger partial charge is 0.294 e. The Labute approximate surface area is 82.3 Å². The van der Waals surface area contributed by atoms with Gasteiger partial charge in [0.1, 0.15) is 5.71 Å². The molecule has 72 valence electrons. The van der Waals surface area contributed by atoms with Gasteiger partial charge in [0.05, 0.1) is 0 Å². The molecule has 0 radical (unpaired) electrons. The number of rotatable bonds is 4. The molecule has 0 fully saturated rings. The number of Topliss-reactive ketones (excluding diaryl/α,β-unsaturated/α-hetero) is 2. The average molecular weight is 189 g/mol. The number of carbonyl (C=O) groups is 2. The lowest BCUT2D eigenvalue weighted by molar-refractivity contribution is -0.112. The lowest BCUT2D eigenvalue weighted by atomic mass is 10.0. The Hall–Kier alpha value is -1.77. The fourth-order valence-electron chi connectivity index (χ4n) is 1.04. The number of hydrogen-bond acceptors (Lipinski definition) is 3. The highest BCUT2D eigenvalue weighted by atomic mass is 16.1. The quantitative estimate of drug-likeness (QED) is 0.446. The van der Waals surface area contributed by atoms with E-state index in [1.165, 1.54) is 0 Å². The van der Waals surface area contributed by atoms with E-state index in [0.717, 1.165) is 0 Å². The Morgan fingerprint density at radius 3 is 2.29 bits per heavy atom. The van der Waals surface area contributed by atoms with E-state index in [1.807, 2.05) is 0 Å². The molecule has 3 nitrogen and oxygen atoms in total. The lowest BCUT2D eigenvalue weighted by Crippen LogP contribution is -2.22. The third kappa shape index (κ3) is 2.13. The van der Waals surface area contributed by atoms with Crippen LogP contribution in [0.5, 0.6) is 0 Å². The molecule has 0 aromatic heterocycles. The van der Waals surface area contributed by atoms with E-state index >= 15 is 0 Å².